The Hall–Kier alpha value is -5.30. The number of aliphatic hydroxyl groups excluding tert-OH is 2. The summed E-state index contributed by atoms with van der Waals surface area (Å²) >= 11 is 0. The maximum absolute atomic E-state index is 13.4. The standard InChI is InChI=1S/C30H17NO6/c32-25-19-12-4-3-11-18(19)24(31-22-15-7-9-16-8-1-2-10-17(16)22)23(25)30(36)37-29-27(34)21-14-6-5-13-20(21)26(33)28(29)35/h1-15,35-36H/b30-23-,31-24?. The number of ketones is 3. The quantitative estimate of drug-likeness (QED) is 0.279. The van der Waals surface area contributed by atoms with Crippen LogP contribution in [0.15, 0.2) is 119 Å². The summed E-state index contributed by atoms with van der Waals surface area (Å²) in [5.74, 6) is -4.85. The number of carbonyl (C=O) groups is 3. The monoisotopic (exact) mass is 487 g/mol. The lowest BCUT2D eigenvalue weighted by atomic mass is 9.92. The van der Waals surface area contributed by atoms with E-state index in [1.165, 1.54) is 12.1 Å². The van der Waals surface area contributed by atoms with E-state index in [1.54, 1.807) is 42.5 Å². The molecule has 4 aromatic carbocycles. The summed E-state index contributed by atoms with van der Waals surface area (Å²) in [5, 5.41) is 23.2. The minimum absolute atomic E-state index is 0.0174. The second-order valence-corrected chi connectivity index (χ2v) is 8.50. The van der Waals surface area contributed by atoms with Crippen molar-refractivity contribution < 1.29 is 29.3 Å². The van der Waals surface area contributed by atoms with Crippen LogP contribution in [0.25, 0.3) is 10.8 Å². The van der Waals surface area contributed by atoms with Gasteiger partial charge in [-0.05, 0) is 11.5 Å². The van der Waals surface area contributed by atoms with E-state index >= 15 is 0 Å². The highest BCUT2D eigenvalue weighted by molar-refractivity contribution is 6.41. The Labute approximate surface area is 210 Å². The third-order valence-corrected chi connectivity index (χ3v) is 6.35. The minimum Gasteiger partial charge on any atom is -0.501 e. The van der Waals surface area contributed by atoms with Gasteiger partial charge in [-0.25, -0.2) is 4.99 Å². The zero-order valence-corrected chi connectivity index (χ0v) is 19.1. The molecule has 7 heteroatoms. The first-order chi connectivity index (χ1) is 18.0. The highest BCUT2D eigenvalue weighted by Gasteiger charge is 2.39. The molecule has 0 unspecified atom stereocenters. The smallest absolute Gasteiger partial charge is 0.296 e. The molecule has 0 aromatic heterocycles. The van der Waals surface area contributed by atoms with Crippen molar-refractivity contribution in [2.75, 3.05) is 0 Å². The largest absolute Gasteiger partial charge is 0.501 e. The van der Waals surface area contributed by atoms with E-state index in [1.807, 2.05) is 36.4 Å². The SMILES string of the molecule is O=C1C(O)=C(O/C(O)=C2\C(=O)c3ccccc3C2=Nc2cccc3ccccc23)C(=O)c2ccccc21. The van der Waals surface area contributed by atoms with Gasteiger partial charge >= 0.3 is 0 Å². The molecule has 37 heavy (non-hydrogen) atoms. The van der Waals surface area contributed by atoms with Crippen LogP contribution in [0.4, 0.5) is 5.69 Å². The molecule has 2 N–H and O–H groups in total. The second-order valence-electron chi connectivity index (χ2n) is 8.50. The van der Waals surface area contributed by atoms with Gasteiger partial charge in [0.25, 0.3) is 5.95 Å². The maximum Gasteiger partial charge on any atom is 0.296 e. The van der Waals surface area contributed by atoms with Gasteiger partial charge in [0, 0.05) is 27.6 Å². The molecule has 0 saturated carbocycles. The average Bonchev–Trinajstić information content (AvgIpc) is 3.21. The fourth-order valence-corrected chi connectivity index (χ4v) is 4.59. The first-order valence-electron chi connectivity index (χ1n) is 11.4. The summed E-state index contributed by atoms with van der Waals surface area (Å²) in [4.78, 5) is 43.7. The molecule has 4 aromatic rings. The number of rotatable bonds is 3. The van der Waals surface area contributed by atoms with E-state index in [0.717, 1.165) is 10.8 Å². The predicted octanol–water partition coefficient (Wildman–Crippen LogP) is 5.79. The Balaban J connectivity index is 1.51. The molecule has 0 heterocycles. The van der Waals surface area contributed by atoms with Crippen molar-refractivity contribution in [3.63, 3.8) is 0 Å². The van der Waals surface area contributed by atoms with Gasteiger partial charge in [-0.3, -0.25) is 14.4 Å². The van der Waals surface area contributed by atoms with Gasteiger partial charge in [0.1, 0.15) is 5.57 Å². The molecule has 0 aliphatic heterocycles. The highest BCUT2D eigenvalue weighted by Crippen LogP contribution is 2.35. The number of ether oxygens (including phenoxy) is 1. The molecule has 7 nitrogen and oxygen atoms in total. The van der Waals surface area contributed by atoms with Crippen LogP contribution in [-0.2, 0) is 4.74 Å². The zero-order chi connectivity index (χ0) is 25.7. The van der Waals surface area contributed by atoms with Gasteiger partial charge < -0.3 is 14.9 Å². The fourth-order valence-electron chi connectivity index (χ4n) is 4.59. The molecular weight excluding hydrogens is 470 g/mol. The molecule has 6 rings (SSSR count). The second kappa shape index (κ2) is 8.42. The Morgan fingerprint density at radius 3 is 1.95 bits per heavy atom. The first kappa shape index (κ1) is 22.2. The van der Waals surface area contributed by atoms with E-state index in [9.17, 15) is 24.6 Å². The summed E-state index contributed by atoms with van der Waals surface area (Å²) in [7, 11) is 0. The van der Waals surface area contributed by atoms with Crippen molar-refractivity contribution in [3.8, 4) is 0 Å². The molecular formula is C30H17NO6. The topological polar surface area (TPSA) is 113 Å². The lowest BCUT2D eigenvalue weighted by Gasteiger charge is -2.17. The first-order valence-corrected chi connectivity index (χ1v) is 11.4. The van der Waals surface area contributed by atoms with Gasteiger partial charge in [-0.1, -0.05) is 84.9 Å². The summed E-state index contributed by atoms with van der Waals surface area (Å²) in [6, 6.07) is 25.8. The maximum atomic E-state index is 13.4. The van der Waals surface area contributed by atoms with Crippen LogP contribution < -0.4 is 0 Å². The van der Waals surface area contributed by atoms with Gasteiger partial charge in [-0.2, -0.15) is 0 Å². The lowest BCUT2D eigenvalue weighted by Crippen LogP contribution is -2.24. The van der Waals surface area contributed by atoms with E-state index in [4.69, 9.17) is 9.73 Å². The number of allylic oxidation sites excluding steroid dienone is 3. The predicted molar refractivity (Wildman–Crippen MR) is 136 cm³/mol. The van der Waals surface area contributed by atoms with Crippen molar-refractivity contribution in [2.45, 2.75) is 0 Å². The number of fused-ring (bicyclic) bond motifs is 3. The van der Waals surface area contributed by atoms with Crippen molar-refractivity contribution in [3.05, 3.63) is 136 Å². The zero-order valence-electron chi connectivity index (χ0n) is 19.1. The Morgan fingerprint density at radius 2 is 1.22 bits per heavy atom. The van der Waals surface area contributed by atoms with Crippen LogP contribution in [0.1, 0.15) is 36.6 Å². The van der Waals surface area contributed by atoms with E-state index in [0.29, 0.717) is 16.8 Å². The van der Waals surface area contributed by atoms with Crippen LogP contribution in [0, 0.1) is 0 Å². The van der Waals surface area contributed by atoms with E-state index in [2.05, 4.69) is 0 Å². The molecule has 2 aliphatic rings. The number of carbonyl (C=O) groups excluding carboxylic acids is 3. The van der Waals surface area contributed by atoms with Crippen molar-refractivity contribution in [1.82, 2.24) is 0 Å². The van der Waals surface area contributed by atoms with Crippen LogP contribution in [0.2, 0.25) is 0 Å². The molecule has 0 amide bonds. The van der Waals surface area contributed by atoms with Crippen LogP contribution in [0.5, 0.6) is 0 Å². The average molecular weight is 487 g/mol. The van der Waals surface area contributed by atoms with Crippen molar-refractivity contribution in [2.24, 2.45) is 4.99 Å². The fraction of sp³-hybridized carbons (Fsp3) is 0. The normalized spacial score (nSPS) is 17.3. The van der Waals surface area contributed by atoms with E-state index in [-0.39, 0.29) is 22.4 Å². The molecule has 0 atom stereocenters. The Bertz CT molecular complexity index is 1770. The third-order valence-electron chi connectivity index (χ3n) is 6.35. The summed E-state index contributed by atoms with van der Waals surface area (Å²) in [5.41, 5.74) is 1.22. The Morgan fingerprint density at radius 1 is 0.649 bits per heavy atom. The number of aliphatic imine (C=N–C) groups is 1. The molecule has 0 fully saturated rings. The number of hydrogen-bond acceptors (Lipinski definition) is 7. The van der Waals surface area contributed by atoms with Gasteiger partial charge in [0.05, 0.1) is 11.4 Å². The summed E-state index contributed by atoms with van der Waals surface area (Å²) in [6.45, 7) is 0. The number of aliphatic hydroxyl groups is 2. The number of benzene rings is 4. The third kappa shape index (κ3) is 3.44. The van der Waals surface area contributed by atoms with Crippen LogP contribution in [-0.4, -0.2) is 33.3 Å². The molecule has 0 radical (unpaired) electrons. The summed E-state index contributed by atoms with van der Waals surface area (Å²) < 4.78 is 5.38. The highest BCUT2D eigenvalue weighted by atomic mass is 16.6. The minimum atomic E-state index is -0.952. The van der Waals surface area contributed by atoms with E-state index < -0.39 is 34.8 Å². The number of nitrogens with zero attached hydrogens (tertiary/aromatic N) is 1. The molecule has 0 spiro atoms. The molecule has 0 bridgehead atoms. The van der Waals surface area contributed by atoms with Crippen molar-refractivity contribution >= 4 is 39.5 Å². The van der Waals surface area contributed by atoms with Crippen molar-refractivity contribution in [1.29, 1.82) is 0 Å². The molecule has 178 valence electrons. The van der Waals surface area contributed by atoms with Gasteiger partial charge in [0.15, 0.2) is 0 Å². The van der Waals surface area contributed by atoms with Gasteiger partial charge in [-0.15, -0.1) is 0 Å². The van der Waals surface area contributed by atoms with Gasteiger partial charge in [0.2, 0.25) is 28.9 Å². The summed E-state index contributed by atoms with van der Waals surface area (Å²) in [6.07, 6.45) is 0. The number of hydrogen-bond donors (Lipinski definition) is 2. The molecule has 0 saturated heterocycles. The Kier molecular flexibility index (Phi) is 5.05. The van der Waals surface area contributed by atoms with Crippen LogP contribution >= 0.6 is 0 Å². The lowest BCUT2D eigenvalue weighted by molar-refractivity contribution is 0.0760. The number of Topliss-reactive ketones (excluding diaryl/α,β-unsaturated/α-hetero) is 3. The molecule has 2 aliphatic carbocycles. The van der Waals surface area contributed by atoms with Crippen LogP contribution in [0.3, 0.4) is 0 Å².